The normalized spacial score (nSPS) is 26.1. The van der Waals surface area contributed by atoms with Gasteiger partial charge in [-0.15, -0.1) is 0 Å². The van der Waals surface area contributed by atoms with Gasteiger partial charge in [0.2, 0.25) is 41.4 Å². The fourth-order valence-electron chi connectivity index (χ4n) is 7.15. The van der Waals surface area contributed by atoms with Gasteiger partial charge in [0.05, 0.1) is 31.0 Å². The Morgan fingerprint density at radius 1 is 0.644 bits per heavy atom. The highest BCUT2D eigenvalue weighted by atomic mass is 16.3. The van der Waals surface area contributed by atoms with Gasteiger partial charge in [0.15, 0.2) is 0 Å². The predicted octanol–water partition coefficient (Wildman–Crippen LogP) is 2.76. The number of nitrogens with zero attached hydrogens (tertiary/aromatic N) is 3. The van der Waals surface area contributed by atoms with Crippen molar-refractivity contribution in [3.8, 4) is 0 Å². The molecule has 4 N–H and O–H groups in total. The third-order valence-electron chi connectivity index (χ3n) is 11.3. The van der Waals surface area contributed by atoms with Crippen molar-refractivity contribution in [2.45, 2.75) is 124 Å². The SMILES string of the molecule is CCC(C)C1NC(=O)C(Cc2ccoc2)CN(C)C(=O)C(C)N(C)C(=O)C(CC(C)C)NC(=O)C(Cc2ccoc2)N(C)C(=O)C(C(C)C)NC(=O)C(C(C)C)NC1=O. The van der Waals surface area contributed by atoms with E-state index in [4.69, 9.17) is 8.83 Å². The fraction of sp³-hybridized carbons (Fsp3) is 0.651. The van der Waals surface area contributed by atoms with Crippen molar-refractivity contribution < 1.29 is 42.4 Å². The predicted molar refractivity (Wildman–Crippen MR) is 221 cm³/mol. The van der Waals surface area contributed by atoms with Gasteiger partial charge in [0.25, 0.3) is 0 Å². The number of hydrogen-bond donors (Lipinski definition) is 4. The summed E-state index contributed by atoms with van der Waals surface area (Å²) in [5.41, 5.74) is 1.33. The lowest BCUT2D eigenvalue weighted by molar-refractivity contribution is -0.147. The summed E-state index contributed by atoms with van der Waals surface area (Å²) >= 11 is 0. The van der Waals surface area contributed by atoms with E-state index in [0.29, 0.717) is 17.5 Å². The molecule has 59 heavy (non-hydrogen) atoms. The van der Waals surface area contributed by atoms with Gasteiger partial charge < -0.3 is 44.8 Å². The Morgan fingerprint density at radius 3 is 1.68 bits per heavy atom. The molecule has 2 aromatic heterocycles. The molecule has 16 nitrogen and oxygen atoms in total. The molecule has 8 unspecified atom stereocenters. The van der Waals surface area contributed by atoms with Crippen LogP contribution in [0, 0.1) is 29.6 Å². The molecule has 1 aliphatic heterocycles. The Kier molecular flexibility index (Phi) is 17.8. The number of likely N-dealkylation sites (N-methyl/N-ethyl adjacent to an activating group) is 3. The van der Waals surface area contributed by atoms with Crippen LogP contribution in [0.25, 0.3) is 0 Å². The van der Waals surface area contributed by atoms with E-state index in [9.17, 15) is 33.6 Å². The number of nitrogens with one attached hydrogen (secondary N) is 4. The molecule has 0 radical (unpaired) electrons. The highest BCUT2D eigenvalue weighted by Gasteiger charge is 2.40. The summed E-state index contributed by atoms with van der Waals surface area (Å²) in [6, 6.07) is -3.07. The lowest BCUT2D eigenvalue weighted by atomic mass is 9.94. The molecule has 3 rings (SSSR count). The van der Waals surface area contributed by atoms with Gasteiger partial charge in [-0.3, -0.25) is 33.6 Å². The van der Waals surface area contributed by atoms with Gasteiger partial charge in [-0.25, -0.2) is 0 Å². The van der Waals surface area contributed by atoms with Crippen LogP contribution < -0.4 is 21.3 Å². The molecule has 16 heteroatoms. The smallest absolute Gasteiger partial charge is 0.245 e. The van der Waals surface area contributed by atoms with Crippen LogP contribution >= 0.6 is 0 Å². The summed E-state index contributed by atoms with van der Waals surface area (Å²) in [4.78, 5) is 103. The molecule has 1 fully saturated rings. The van der Waals surface area contributed by atoms with Crippen LogP contribution in [-0.2, 0) is 46.4 Å². The van der Waals surface area contributed by atoms with Crippen molar-refractivity contribution in [1.82, 2.24) is 36.0 Å². The van der Waals surface area contributed by atoms with Gasteiger partial charge in [-0.1, -0.05) is 61.8 Å². The number of hydrogen-bond acceptors (Lipinski definition) is 9. The van der Waals surface area contributed by atoms with Crippen LogP contribution in [0.1, 0.15) is 86.3 Å². The van der Waals surface area contributed by atoms with E-state index in [0.717, 1.165) is 0 Å². The molecule has 3 heterocycles. The van der Waals surface area contributed by atoms with Crippen molar-refractivity contribution >= 4 is 41.4 Å². The number of rotatable bonds is 10. The zero-order valence-electron chi connectivity index (χ0n) is 36.9. The van der Waals surface area contributed by atoms with Crippen LogP contribution in [0.3, 0.4) is 0 Å². The highest BCUT2D eigenvalue weighted by molar-refractivity contribution is 5.97. The third-order valence-corrected chi connectivity index (χ3v) is 11.3. The molecule has 0 aromatic carbocycles. The van der Waals surface area contributed by atoms with E-state index in [-0.39, 0.29) is 37.6 Å². The first-order chi connectivity index (χ1) is 27.7. The second-order valence-corrected chi connectivity index (χ2v) is 17.2. The summed E-state index contributed by atoms with van der Waals surface area (Å²) < 4.78 is 10.5. The lowest BCUT2D eigenvalue weighted by Gasteiger charge is -2.36. The maximum Gasteiger partial charge on any atom is 0.245 e. The maximum atomic E-state index is 14.4. The van der Waals surface area contributed by atoms with Crippen molar-refractivity contribution in [3.63, 3.8) is 0 Å². The van der Waals surface area contributed by atoms with Gasteiger partial charge in [-0.05, 0) is 66.7 Å². The van der Waals surface area contributed by atoms with Gasteiger partial charge >= 0.3 is 0 Å². The number of carbonyl (C=O) groups excluding carboxylic acids is 7. The molecule has 0 aliphatic carbocycles. The van der Waals surface area contributed by atoms with Crippen LogP contribution in [0.2, 0.25) is 0 Å². The van der Waals surface area contributed by atoms with E-state index in [2.05, 4.69) is 21.3 Å². The van der Waals surface area contributed by atoms with Crippen LogP contribution in [-0.4, -0.2) is 120 Å². The lowest BCUT2D eigenvalue weighted by Crippen LogP contribution is -2.62. The van der Waals surface area contributed by atoms with Crippen molar-refractivity contribution in [2.75, 3.05) is 27.7 Å². The minimum Gasteiger partial charge on any atom is -0.472 e. The van der Waals surface area contributed by atoms with Crippen molar-refractivity contribution in [2.24, 2.45) is 29.6 Å². The van der Waals surface area contributed by atoms with Crippen molar-refractivity contribution in [1.29, 1.82) is 0 Å². The van der Waals surface area contributed by atoms with E-state index < -0.39 is 95.4 Å². The Bertz CT molecular complexity index is 1730. The van der Waals surface area contributed by atoms with Gasteiger partial charge in [0.1, 0.15) is 36.3 Å². The van der Waals surface area contributed by atoms with Gasteiger partial charge in [0, 0.05) is 34.1 Å². The summed E-state index contributed by atoms with van der Waals surface area (Å²) in [6.07, 6.45) is 6.87. The van der Waals surface area contributed by atoms with E-state index in [1.54, 1.807) is 53.8 Å². The molecule has 0 bridgehead atoms. The number of carbonyl (C=O) groups is 7. The summed E-state index contributed by atoms with van der Waals surface area (Å²) in [7, 11) is 4.50. The molecule has 8 atom stereocenters. The van der Waals surface area contributed by atoms with Crippen LogP contribution in [0.15, 0.2) is 46.0 Å². The Morgan fingerprint density at radius 2 is 1.17 bits per heavy atom. The monoisotopic (exact) mass is 826 g/mol. The zero-order valence-corrected chi connectivity index (χ0v) is 36.9. The van der Waals surface area contributed by atoms with E-state index in [1.807, 2.05) is 27.7 Å². The molecule has 0 saturated carbocycles. The number of amides is 7. The number of furan rings is 2. The first kappa shape index (κ1) is 48.2. The van der Waals surface area contributed by atoms with Gasteiger partial charge in [-0.2, -0.15) is 0 Å². The van der Waals surface area contributed by atoms with E-state index >= 15 is 0 Å². The molecule has 1 saturated heterocycles. The Balaban J connectivity index is 2.17. The minimum atomic E-state index is -1.14. The standard InChI is InChI=1S/C43H67N7O9/c1-13-27(8)36-40(54)45-34(25(4)5)39(53)46-35(26(6)7)43(57)50(12)33(20-30-15-17-59-23-30)38(52)44-32(18-24(2)3)42(56)49(11)28(9)41(55)48(10)21-31(37(51)47-36)19-29-14-16-58-22-29/h14-17,22-28,31-36H,13,18-21H2,1-12H3,(H,44,52)(H,45,54)(H,46,53)(H,47,51). The Hall–Kier alpha value is -5.15. The molecule has 7 amide bonds. The minimum absolute atomic E-state index is 0.0365. The largest absolute Gasteiger partial charge is 0.472 e. The molecular weight excluding hydrogens is 759 g/mol. The summed E-state index contributed by atoms with van der Waals surface area (Å²) in [6.45, 7) is 16.1. The average Bonchev–Trinajstić information content (AvgIpc) is 3.91. The van der Waals surface area contributed by atoms with E-state index in [1.165, 1.54) is 53.8 Å². The Labute approximate surface area is 348 Å². The first-order valence-corrected chi connectivity index (χ1v) is 20.7. The zero-order chi connectivity index (χ0) is 44.3. The summed E-state index contributed by atoms with van der Waals surface area (Å²) in [5, 5.41) is 11.5. The molecule has 2 aromatic rings. The second kappa shape index (κ2) is 21.7. The quantitative estimate of drug-likeness (QED) is 0.278. The molecule has 1 aliphatic rings. The van der Waals surface area contributed by atoms with Crippen LogP contribution in [0.4, 0.5) is 0 Å². The molecule has 0 spiro atoms. The topological polar surface area (TPSA) is 204 Å². The van der Waals surface area contributed by atoms with Crippen LogP contribution in [0.5, 0.6) is 0 Å². The summed E-state index contributed by atoms with van der Waals surface area (Å²) in [5.74, 6) is -5.94. The molecule has 328 valence electrons. The first-order valence-electron chi connectivity index (χ1n) is 20.7. The molecular formula is C43H67N7O9. The fourth-order valence-corrected chi connectivity index (χ4v) is 7.15. The highest BCUT2D eigenvalue weighted by Crippen LogP contribution is 2.19. The maximum absolute atomic E-state index is 14.4. The average molecular weight is 826 g/mol. The third kappa shape index (κ3) is 12.9. The van der Waals surface area contributed by atoms with Crippen molar-refractivity contribution in [3.05, 3.63) is 48.3 Å². The second-order valence-electron chi connectivity index (χ2n) is 17.2.